The van der Waals surface area contributed by atoms with Gasteiger partial charge in [0.25, 0.3) is 0 Å². The number of hydrogen-bond acceptors (Lipinski definition) is 5. The molecule has 1 spiro atoms. The summed E-state index contributed by atoms with van der Waals surface area (Å²) in [5.41, 5.74) is -0.233. The van der Waals surface area contributed by atoms with Gasteiger partial charge in [-0.2, -0.15) is 0 Å². The third-order valence-corrected chi connectivity index (χ3v) is 8.51. The fraction of sp³-hybridized carbons (Fsp3) is 0.435. The summed E-state index contributed by atoms with van der Waals surface area (Å²) in [6.45, 7) is 0.564. The van der Waals surface area contributed by atoms with Crippen LogP contribution in [0.3, 0.4) is 0 Å². The first-order valence-electron chi connectivity index (χ1n) is 11.2. The summed E-state index contributed by atoms with van der Waals surface area (Å²) in [6, 6.07) is 12.0. The zero-order chi connectivity index (χ0) is 22.2. The predicted molar refractivity (Wildman–Crippen MR) is 122 cm³/mol. The topological polar surface area (TPSA) is 101 Å². The van der Waals surface area contributed by atoms with Crippen molar-refractivity contribution in [2.75, 3.05) is 18.0 Å². The van der Waals surface area contributed by atoms with Crippen molar-refractivity contribution in [3.05, 3.63) is 54.9 Å². The summed E-state index contributed by atoms with van der Waals surface area (Å²) in [6.07, 6.45) is 8.80. The van der Waals surface area contributed by atoms with Crippen molar-refractivity contribution < 1.29 is 13.6 Å². The molecule has 3 heterocycles. The lowest BCUT2D eigenvalue weighted by Gasteiger charge is -2.44. The van der Waals surface area contributed by atoms with E-state index in [-0.39, 0.29) is 23.5 Å². The zero-order valence-corrected chi connectivity index (χ0v) is 18.7. The molecule has 3 aliphatic rings. The van der Waals surface area contributed by atoms with E-state index in [2.05, 4.69) is 10.3 Å². The fourth-order valence-electron chi connectivity index (χ4n) is 5.11. The average Bonchev–Trinajstić information content (AvgIpc) is 3.41. The lowest BCUT2D eigenvalue weighted by Crippen LogP contribution is -2.62. The van der Waals surface area contributed by atoms with Crippen LogP contribution in [0.5, 0.6) is 0 Å². The van der Waals surface area contributed by atoms with Crippen LogP contribution >= 0.6 is 0 Å². The second-order valence-corrected chi connectivity index (χ2v) is 10.6. The van der Waals surface area contributed by atoms with Gasteiger partial charge < -0.3 is 4.55 Å². The van der Waals surface area contributed by atoms with Crippen LogP contribution in [0, 0.1) is 0 Å². The molecule has 5 rings (SSSR count). The molecular formula is C23H27N5O3S. The molecule has 1 aromatic carbocycles. The lowest BCUT2D eigenvalue weighted by molar-refractivity contribution is 0.236. The number of sulfonamides is 1. The number of hydrogen-bond donors (Lipinski definition) is 1. The molecule has 2 aromatic rings. The summed E-state index contributed by atoms with van der Waals surface area (Å²) < 4.78 is 28.4. The largest absolute Gasteiger partial charge is 0.593 e. The maximum atomic E-state index is 13.5. The summed E-state index contributed by atoms with van der Waals surface area (Å²) in [7, 11) is -3.70. The highest BCUT2D eigenvalue weighted by molar-refractivity contribution is 7.95. The van der Waals surface area contributed by atoms with Gasteiger partial charge in [0.1, 0.15) is 11.4 Å². The number of nitrogens with one attached hydrogen (secondary N) is 1. The Morgan fingerprint density at radius 3 is 2.62 bits per heavy atom. The van der Waals surface area contributed by atoms with Gasteiger partial charge in [-0.15, -0.1) is 4.31 Å². The van der Waals surface area contributed by atoms with Gasteiger partial charge in [-0.25, -0.2) is 4.79 Å². The zero-order valence-electron chi connectivity index (χ0n) is 17.9. The van der Waals surface area contributed by atoms with Crippen LogP contribution in [0.25, 0.3) is 0 Å². The van der Waals surface area contributed by atoms with E-state index in [1.807, 2.05) is 6.07 Å². The number of urea groups is 1. The summed E-state index contributed by atoms with van der Waals surface area (Å²) in [5.74, 6) is 0.589. The van der Waals surface area contributed by atoms with E-state index in [9.17, 15) is 13.6 Å². The third-order valence-electron chi connectivity index (χ3n) is 6.65. The molecule has 1 aromatic heterocycles. The van der Waals surface area contributed by atoms with Crippen molar-refractivity contribution in [2.24, 2.45) is 4.99 Å². The Hall–Kier alpha value is -2.62. The van der Waals surface area contributed by atoms with Crippen LogP contribution in [0.1, 0.15) is 38.5 Å². The van der Waals surface area contributed by atoms with Crippen LogP contribution in [-0.4, -0.2) is 50.4 Å². The maximum Gasteiger partial charge on any atom is 0.328 e. The number of anilines is 1. The molecule has 1 N–H and O–H groups in total. The molecule has 1 saturated carbocycles. The van der Waals surface area contributed by atoms with Gasteiger partial charge in [0.2, 0.25) is 0 Å². The lowest BCUT2D eigenvalue weighted by atomic mass is 9.87. The minimum Gasteiger partial charge on any atom is -0.593 e. The molecule has 0 radical (unpaired) electrons. The van der Waals surface area contributed by atoms with Crippen molar-refractivity contribution in [3.8, 4) is 0 Å². The minimum atomic E-state index is -3.70. The molecule has 2 unspecified atom stereocenters. The Bertz CT molecular complexity index is 1060. The number of carbonyl (C=O) groups excluding carboxylic acids is 1. The van der Waals surface area contributed by atoms with Crippen molar-refractivity contribution in [1.82, 2.24) is 14.6 Å². The Kier molecular flexibility index (Phi) is 5.56. The second kappa shape index (κ2) is 8.38. The minimum absolute atomic E-state index is 0.156. The summed E-state index contributed by atoms with van der Waals surface area (Å²) >= 11 is 0. The molecule has 2 atom stereocenters. The van der Waals surface area contributed by atoms with E-state index in [1.54, 1.807) is 53.7 Å². The normalized spacial score (nSPS) is 27.7. The van der Waals surface area contributed by atoms with Gasteiger partial charge in [-0.05, 0) is 49.9 Å². The second-order valence-electron chi connectivity index (χ2n) is 8.68. The first-order chi connectivity index (χ1) is 15.5. The highest BCUT2D eigenvalue weighted by Gasteiger charge is 2.56. The molecule has 2 amide bonds. The fourth-order valence-corrected chi connectivity index (χ4v) is 6.66. The first-order valence-corrected chi connectivity index (χ1v) is 12.6. The Morgan fingerprint density at radius 2 is 1.91 bits per heavy atom. The molecule has 1 aliphatic carbocycles. The number of amides is 2. The Labute approximate surface area is 189 Å². The van der Waals surface area contributed by atoms with Crippen LogP contribution in [-0.2, 0) is 14.6 Å². The quantitative estimate of drug-likeness (QED) is 0.717. The molecule has 168 valence electrons. The number of aliphatic imine (C=N–C) groups is 1. The maximum absolute atomic E-state index is 13.5. The molecule has 32 heavy (non-hydrogen) atoms. The molecule has 3 fully saturated rings. The van der Waals surface area contributed by atoms with E-state index in [0.717, 1.165) is 25.7 Å². The number of amidine groups is 1. The van der Waals surface area contributed by atoms with Gasteiger partial charge >= 0.3 is 6.03 Å². The SMILES string of the molecule is O=C1NC(=NC2CCCC2)C2(CCCN([S+](=O)([O-])c3ccccc3)C2)N1c1cccnc1. The summed E-state index contributed by atoms with van der Waals surface area (Å²) in [5, 5.41) is 2.99. The van der Waals surface area contributed by atoms with Gasteiger partial charge in [0.05, 0.1) is 24.5 Å². The van der Waals surface area contributed by atoms with Gasteiger partial charge in [-0.3, -0.25) is 20.2 Å². The average molecular weight is 454 g/mol. The predicted octanol–water partition coefficient (Wildman–Crippen LogP) is 3.39. The van der Waals surface area contributed by atoms with E-state index in [0.29, 0.717) is 30.9 Å². The van der Waals surface area contributed by atoms with Crippen molar-refractivity contribution >= 4 is 28.0 Å². The van der Waals surface area contributed by atoms with Crippen LogP contribution in [0.15, 0.2) is 64.7 Å². The third kappa shape index (κ3) is 3.64. The number of rotatable bonds is 4. The monoisotopic (exact) mass is 453 g/mol. The van der Waals surface area contributed by atoms with Gasteiger partial charge in [0, 0.05) is 12.7 Å². The number of piperidine rings is 1. The first kappa shape index (κ1) is 21.2. The number of benzene rings is 1. The van der Waals surface area contributed by atoms with Crippen LogP contribution in [0.2, 0.25) is 0 Å². The van der Waals surface area contributed by atoms with Crippen LogP contribution < -0.4 is 10.2 Å². The highest BCUT2D eigenvalue weighted by atomic mass is 32.3. The number of pyridine rings is 1. The molecule has 8 nitrogen and oxygen atoms in total. The van der Waals surface area contributed by atoms with E-state index < -0.39 is 15.9 Å². The molecular weight excluding hydrogens is 426 g/mol. The highest BCUT2D eigenvalue weighted by Crippen LogP contribution is 2.39. The van der Waals surface area contributed by atoms with E-state index >= 15 is 0 Å². The smallest absolute Gasteiger partial charge is 0.328 e. The summed E-state index contributed by atoms with van der Waals surface area (Å²) in [4.78, 5) is 24.3. The standard InChI is InChI=1S/C23H27N5O3S/c29-22-26-21(25-18-8-4-5-9-18)23(28(22)19-10-6-14-24-16-19)13-7-15-27(17-23)32(30,31)20-11-2-1-3-12-20/h1-3,6,10-12,14,16,18H,4-5,7-9,13,15,17H2,(H-,25,26,29,30,31). The van der Waals surface area contributed by atoms with Crippen molar-refractivity contribution in [3.63, 3.8) is 0 Å². The number of aromatic nitrogens is 1. The van der Waals surface area contributed by atoms with Gasteiger partial charge in [0.15, 0.2) is 15.3 Å². The molecule has 2 saturated heterocycles. The van der Waals surface area contributed by atoms with Gasteiger partial charge in [-0.1, -0.05) is 35.2 Å². The molecule has 9 heteroatoms. The Morgan fingerprint density at radius 1 is 1.12 bits per heavy atom. The van der Waals surface area contributed by atoms with Crippen molar-refractivity contribution in [1.29, 1.82) is 0 Å². The Balaban J connectivity index is 1.57. The molecule has 0 bridgehead atoms. The molecule has 2 aliphatic heterocycles. The van der Waals surface area contributed by atoms with E-state index in [4.69, 9.17) is 4.99 Å². The number of nitrogens with zero attached hydrogens (tertiary/aromatic N) is 4. The van der Waals surface area contributed by atoms with Crippen LogP contribution in [0.4, 0.5) is 10.5 Å². The number of carbonyl (C=O) groups is 1. The van der Waals surface area contributed by atoms with Crippen molar-refractivity contribution in [2.45, 2.75) is 55.0 Å². The van der Waals surface area contributed by atoms with E-state index in [1.165, 1.54) is 4.31 Å².